The van der Waals surface area contributed by atoms with Crippen LogP contribution in [0.1, 0.15) is 6.92 Å². The lowest BCUT2D eigenvalue weighted by atomic mass is 9.96. The molecular weight excluding hydrogens is 164 g/mol. The lowest BCUT2D eigenvalue weighted by Crippen LogP contribution is -2.10. The lowest BCUT2D eigenvalue weighted by Gasteiger charge is -2.06. The van der Waals surface area contributed by atoms with E-state index in [4.69, 9.17) is 0 Å². The van der Waals surface area contributed by atoms with E-state index in [9.17, 15) is 9.59 Å². The third-order valence-corrected chi connectivity index (χ3v) is 1.82. The van der Waals surface area contributed by atoms with Gasteiger partial charge < -0.3 is 0 Å². The molecule has 0 amide bonds. The molecule has 13 heavy (non-hydrogen) atoms. The fraction of sp³-hybridized carbons (Fsp3) is 0.0909. The van der Waals surface area contributed by atoms with Gasteiger partial charge in [0.15, 0.2) is 11.6 Å². The van der Waals surface area contributed by atoms with E-state index in [-0.39, 0.29) is 11.6 Å². The number of allylic oxidation sites excluding steroid dienone is 7. The largest absolute Gasteiger partial charge is 0.290 e. The first kappa shape index (κ1) is 9.39. The number of rotatable bonds is 2. The van der Waals surface area contributed by atoms with Crippen molar-refractivity contribution in [1.29, 1.82) is 0 Å². The van der Waals surface area contributed by atoms with E-state index in [2.05, 4.69) is 6.58 Å². The molecule has 1 rings (SSSR count). The Morgan fingerprint density at radius 1 is 1.23 bits per heavy atom. The zero-order chi connectivity index (χ0) is 9.84. The molecule has 0 N–H and O–H groups in total. The molecule has 2 heteroatoms. The van der Waals surface area contributed by atoms with Crippen LogP contribution in [0.25, 0.3) is 0 Å². The highest BCUT2D eigenvalue weighted by Crippen LogP contribution is 2.14. The highest BCUT2D eigenvalue weighted by atomic mass is 16.1. The first-order valence-electron chi connectivity index (χ1n) is 3.93. The molecule has 0 aromatic rings. The van der Waals surface area contributed by atoms with Gasteiger partial charge in [-0.3, -0.25) is 9.59 Å². The molecule has 0 unspecified atom stereocenters. The van der Waals surface area contributed by atoms with Crippen LogP contribution in [-0.4, -0.2) is 11.6 Å². The maximum absolute atomic E-state index is 11.3. The van der Waals surface area contributed by atoms with Crippen molar-refractivity contribution in [3.05, 3.63) is 48.1 Å². The van der Waals surface area contributed by atoms with Crippen LogP contribution in [0.5, 0.6) is 0 Å². The van der Waals surface area contributed by atoms with Crippen molar-refractivity contribution in [2.75, 3.05) is 0 Å². The Kier molecular flexibility index (Phi) is 2.75. The van der Waals surface area contributed by atoms with E-state index in [1.165, 1.54) is 12.2 Å². The van der Waals surface area contributed by atoms with E-state index in [0.29, 0.717) is 11.1 Å². The van der Waals surface area contributed by atoms with Gasteiger partial charge in [-0.15, -0.1) is 0 Å². The van der Waals surface area contributed by atoms with E-state index < -0.39 is 0 Å². The Bertz CT molecular complexity index is 354. The van der Waals surface area contributed by atoms with Crippen LogP contribution < -0.4 is 0 Å². The average Bonchev–Trinajstić information content (AvgIpc) is 2.12. The summed E-state index contributed by atoms with van der Waals surface area (Å²) in [4.78, 5) is 22.4. The Balaban J connectivity index is 3.09. The molecule has 2 nitrogen and oxygen atoms in total. The van der Waals surface area contributed by atoms with Crippen LogP contribution in [-0.2, 0) is 9.59 Å². The predicted octanol–water partition coefficient (Wildman–Crippen LogP) is 1.75. The normalized spacial score (nSPS) is 17.3. The summed E-state index contributed by atoms with van der Waals surface area (Å²) in [5, 5.41) is 0. The molecule has 0 bridgehead atoms. The van der Waals surface area contributed by atoms with Gasteiger partial charge in [0.1, 0.15) is 0 Å². The Hall–Kier alpha value is -1.70. The highest BCUT2D eigenvalue weighted by molar-refractivity contribution is 6.21. The summed E-state index contributed by atoms with van der Waals surface area (Å²) < 4.78 is 0. The molecule has 0 saturated carbocycles. The number of hydrogen-bond donors (Lipinski definition) is 0. The molecule has 0 radical (unpaired) electrons. The molecule has 0 aromatic carbocycles. The molecule has 0 heterocycles. The van der Waals surface area contributed by atoms with Crippen LogP contribution in [0.3, 0.4) is 0 Å². The quantitative estimate of drug-likeness (QED) is 0.472. The summed E-state index contributed by atoms with van der Waals surface area (Å²) in [7, 11) is 0. The summed E-state index contributed by atoms with van der Waals surface area (Å²) in [5.41, 5.74) is 0.943. The van der Waals surface area contributed by atoms with Crippen molar-refractivity contribution in [2.24, 2.45) is 0 Å². The van der Waals surface area contributed by atoms with Crippen LogP contribution in [0.2, 0.25) is 0 Å². The molecular formula is C11H10O2. The maximum Gasteiger partial charge on any atom is 0.186 e. The molecule has 1 aliphatic carbocycles. The fourth-order valence-corrected chi connectivity index (χ4v) is 1.06. The fourth-order valence-electron chi connectivity index (χ4n) is 1.06. The third-order valence-electron chi connectivity index (χ3n) is 1.82. The van der Waals surface area contributed by atoms with Crippen molar-refractivity contribution in [2.45, 2.75) is 6.92 Å². The van der Waals surface area contributed by atoms with Crippen LogP contribution in [0.4, 0.5) is 0 Å². The second-order valence-corrected chi connectivity index (χ2v) is 2.70. The van der Waals surface area contributed by atoms with Crippen LogP contribution in [0.15, 0.2) is 48.1 Å². The summed E-state index contributed by atoms with van der Waals surface area (Å²) in [5.74, 6) is -0.237. The Morgan fingerprint density at radius 2 is 1.85 bits per heavy atom. The van der Waals surface area contributed by atoms with Gasteiger partial charge in [-0.25, -0.2) is 0 Å². The second-order valence-electron chi connectivity index (χ2n) is 2.70. The molecule has 0 fully saturated rings. The van der Waals surface area contributed by atoms with Crippen molar-refractivity contribution < 1.29 is 9.59 Å². The topological polar surface area (TPSA) is 34.1 Å². The number of carbonyl (C=O) groups excluding carboxylic acids is 2. The van der Waals surface area contributed by atoms with Gasteiger partial charge in [0, 0.05) is 11.1 Å². The first-order valence-corrected chi connectivity index (χ1v) is 3.93. The Labute approximate surface area is 76.9 Å². The van der Waals surface area contributed by atoms with Crippen molar-refractivity contribution >= 4 is 11.6 Å². The van der Waals surface area contributed by atoms with Gasteiger partial charge in [0.2, 0.25) is 0 Å². The smallest absolute Gasteiger partial charge is 0.186 e. The van der Waals surface area contributed by atoms with Crippen LogP contribution in [0, 0.1) is 0 Å². The lowest BCUT2D eigenvalue weighted by molar-refractivity contribution is -0.115. The Morgan fingerprint density at radius 3 is 2.46 bits per heavy atom. The van der Waals surface area contributed by atoms with Gasteiger partial charge in [-0.05, 0) is 19.1 Å². The SMILES string of the molecule is C=C/C=C\C1=C(C)C(=O)C=CC1=O. The highest BCUT2D eigenvalue weighted by Gasteiger charge is 2.16. The van der Waals surface area contributed by atoms with Gasteiger partial charge in [-0.1, -0.05) is 24.8 Å². The standard InChI is InChI=1S/C11H10O2/c1-3-4-5-9-8(2)10(12)6-7-11(9)13/h3-7H,1H2,2H3/b5-4-. The summed E-state index contributed by atoms with van der Waals surface area (Å²) >= 11 is 0. The minimum Gasteiger partial charge on any atom is -0.290 e. The maximum atomic E-state index is 11.3. The third kappa shape index (κ3) is 1.90. The number of carbonyl (C=O) groups is 2. The van der Waals surface area contributed by atoms with E-state index in [1.54, 1.807) is 25.2 Å². The van der Waals surface area contributed by atoms with E-state index >= 15 is 0 Å². The zero-order valence-corrected chi connectivity index (χ0v) is 7.41. The van der Waals surface area contributed by atoms with Crippen LogP contribution >= 0.6 is 0 Å². The van der Waals surface area contributed by atoms with Gasteiger partial charge in [0.25, 0.3) is 0 Å². The summed E-state index contributed by atoms with van der Waals surface area (Å²) in [6.45, 7) is 5.14. The van der Waals surface area contributed by atoms with Gasteiger partial charge in [-0.2, -0.15) is 0 Å². The summed E-state index contributed by atoms with van der Waals surface area (Å²) in [6, 6.07) is 0. The van der Waals surface area contributed by atoms with Crippen molar-refractivity contribution in [1.82, 2.24) is 0 Å². The monoisotopic (exact) mass is 174 g/mol. The second kappa shape index (κ2) is 3.81. The average molecular weight is 174 g/mol. The zero-order valence-electron chi connectivity index (χ0n) is 7.41. The molecule has 0 saturated heterocycles. The van der Waals surface area contributed by atoms with E-state index in [1.807, 2.05) is 0 Å². The minimum absolute atomic E-state index is 0.108. The molecule has 1 aliphatic rings. The van der Waals surface area contributed by atoms with Crippen molar-refractivity contribution in [3.8, 4) is 0 Å². The van der Waals surface area contributed by atoms with E-state index in [0.717, 1.165) is 0 Å². The van der Waals surface area contributed by atoms with Crippen molar-refractivity contribution in [3.63, 3.8) is 0 Å². The number of hydrogen-bond acceptors (Lipinski definition) is 2. The van der Waals surface area contributed by atoms with Gasteiger partial charge >= 0.3 is 0 Å². The number of ketones is 2. The molecule has 0 spiro atoms. The van der Waals surface area contributed by atoms with Gasteiger partial charge in [0.05, 0.1) is 0 Å². The first-order chi connectivity index (χ1) is 6.16. The summed E-state index contributed by atoms with van der Waals surface area (Å²) in [6.07, 6.45) is 7.40. The predicted molar refractivity (Wildman–Crippen MR) is 51.2 cm³/mol. The molecule has 0 atom stereocenters. The molecule has 66 valence electrons. The minimum atomic E-state index is -0.129. The molecule has 0 aliphatic heterocycles. The molecule has 0 aromatic heterocycles.